The monoisotopic (exact) mass is 657 g/mol. The second-order valence-electron chi connectivity index (χ2n) is 14.6. The molecule has 0 aliphatic heterocycles. The lowest BCUT2D eigenvalue weighted by Gasteiger charge is -2.14. The highest BCUT2D eigenvalue weighted by Crippen LogP contribution is 2.44. The molecular formula is C51H31N. The largest absolute Gasteiger partial charge is 0.309 e. The van der Waals surface area contributed by atoms with Crippen LogP contribution in [0, 0.1) is 6.92 Å². The number of aromatic nitrogens is 1. The molecule has 1 nitrogen and oxygen atoms in total. The van der Waals surface area contributed by atoms with Gasteiger partial charge in [0.1, 0.15) is 0 Å². The summed E-state index contributed by atoms with van der Waals surface area (Å²) in [5.74, 6) is 0. The standard InChI is InChI=1S/C51H31N/c1-30-8-20-39(21-9-30)52-46-26-18-37(40-22-14-35-12-10-31-4-2-6-33-16-24-42(40)50(35)48(31)33)28-44(46)45-29-38(19-27-47(45)52)41-23-15-36-13-11-32-5-3-7-34-17-25-43(41)51(36)49(32)34/h2-29H,1H3. The normalized spacial score (nSPS) is 12.3. The maximum Gasteiger partial charge on any atom is 0.0541 e. The average molecular weight is 658 g/mol. The second kappa shape index (κ2) is 10.2. The predicted octanol–water partition coefficient (Wildman–Crippen LogP) is 14.2. The minimum absolute atomic E-state index is 1.18. The summed E-state index contributed by atoms with van der Waals surface area (Å²) in [4.78, 5) is 0. The Kier molecular flexibility index (Phi) is 5.49. The maximum absolute atomic E-state index is 2.44. The van der Waals surface area contributed by atoms with E-state index in [1.807, 2.05) is 0 Å². The van der Waals surface area contributed by atoms with Gasteiger partial charge in [-0.3, -0.25) is 0 Å². The van der Waals surface area contributed by atoms with Crippen LogP contribution in [0.15, 0.2) is 170 Å². The van der Waals surface area contributed by atoms with Crippen molar-refractivity contribution >= 4 is 86.4 Å². The van der Waals surface area contributed by atoms with Gasteiger partial charge in [0, 0.05) is 16.5 Å². The lowest BCUT2D eigenvalue weighted by molar-refractivity contribution is 1.17. The highest BCUT2D eigenvalue weighted by Gasteiger charge is 2.18. The van der Waals surface area contributed by atoms with Crippen molar-refractivity contribution in [3.05, 3.63) is 175 Å². The fourth-order valence-electron chi connectivity index (χ4n) is 9.30. The molecule has 0 saturated heterocycles. The fraction of sp³-hybridized carbons (Fsp3) is 0.0196. The minimum Gasteiger partial charge on any atom is -0.309 e. The Balaban J connectivity index is 1.13. The van der Waals surface area contributed by atoms with Crippen molar-refractivity contribution in [2.24, 2.45) is 0 Å². The lowest BCUT2D eigenvalue weighted by Crippen LogP contribution is -1.94. The fourth-order valence-corrected chi connectivity index (χ4v) is 9.30. The van der Waals surface area contributed by atoms with Gasteiger partial charge in [-0.15, -0.1) is 0 Å². The van der Waals surface area contributed by atoms with Gasteiger partial charge in [-0.2, -0.15) is 0 Å². The van der Waals surface area contributed by atoms with E-state index in [-0.39, 0.29) is 0 Å². The van der Waals surface area contributed by atoms with Crippen molar-refractivity contribution in [2.45, 2.75) is 6.92 Å². The molecule has 0 aliphatic carbocycles. The van der Waals surface area contributed by atoms with Crippen LogP contribution >= 0.6 is 0 Å². The summed E-state index contributed by atoms with van der Waals surface area (Å²) in [7, 11) is 0. The summed E-state index contributed by atoms with van der Waals surface area (Å²) in [6, 6.07) is 63.9. The van der Waals surface area contributed by atoms with E-state index in [0.29, 0.717) is 0 Å². The first-order chi connectivity index (χ1) is 25.7. The first kappa shape index (κ1) is 28.0. The van der Waals surface area contributed by atoms with Gasteiger partial charge in [0.15, 0.2) is 0 Å². The Labute approximate surface area is 300 Å². The molecule has 0 atom stereocenters. The molecule has 0 unspecified atom stereocenters. The quantitative estimate of drug-likeness (QED) is 0.167. The summed E-state index contributed by atoms with van der Waals surface area (Å²) in [6.07, 6.45) is 0. The molecule has 0 bridgehead atoms. The van der Waals surface area contributed by atoms with Crippen LogP contribution in [0.25, 0.3) is 114 Å². The lowest BCUT2D eigenvalue weighted by atomic mass is 9.89. The Morgan fingerprint density at radius 2 is 0.731 bits per heavy atom. The van der Waals surface area contributed by atoms with E-state index < -0.39 is 0 Å². The molecule has 0 radical (unpaired) electrons. The van der Waals surface area contributed by atoms with Crippen molar-refractivity contribution in [3.8, 4) is 27.9 Å². The highest BCUT2D eigenvalue weighted by molar-refractivity contribution is 6.27. The van der Waals surface area contributed by atoms with Gasteiger partial charge in [0.05, 0.1) is 11.0 Å². The number of fused-ring (bicyclic) bond motifs is 3. The molecular weight excluding hydrogens is 627 g/mol. The molecule has 1 heterocycles. The van der Waals surface area contributed by atoms with E-state index in [0.717, 1.165) is 0 Å². The van der Waals surface area contributed by atoms with E-state index in [2.05, 4.69) is 181 Å². The van der Waals surface area contributed by atoms with Gasteiger partial charge in [0.25, 0.3) is 0 Å². The number of hydrogen-bond acceptors (Lipinski definition) is 0. The highest BCUT2D eigenvalue weighted by atomic mass is 15.0. The van der Waals surface area contributed by atoms with Crippen molar-refractivity contribution < 1.29 is 0 Å². The van der Waals surface area contributed by atoms with Crippen LogP contribution in [0.2, 0.25) is 0 Å². The van der Waals surface area contributed by atoms with Crippen LogP contribution in [-0.4, -0.2) is 4.57 Å². The third-order valence-electron chi connectivity index (χ3n) is 11.7. The average Bonchev–Trinajstić information content (AvgIpc) is 3.52. The summed E-state index contributed by atoms with van der Waals surface area (Å²) in [6.45, 7) is 2.15. The molecule has 0 N–H and O–H groups in total. The van der Waals surface area contributed by atoms with Crippen molar-refractivity contribution in [3.63, 3.8) is 0 Å². The summed E-state index contributed by atoms with van der Waals surface area (Å²) in [5, 5.41) is 18.3. The molecule has 11 aromatic carbocycles. The van der Waals surface area contributed by atoms with E-state index >= 15 is 0 Å². The van der Waals surface area contributed by atoms with Gasteiger partial charge >= 0.3 is 0 Å². The molecule has 0 spiro atoms. The Bertz CT molecular complexity index is 3160. The molecule has 0 saturated carbocycles. The summed E-state index contributed by atoms with van der Waals surface area (Å²) < 4.78 is 2.44. The molecule has 12 rings (SSSR count). The van der Waals surface area contributed by atoms with Gasteiger partial charge in [-0.25, -0.2) is 0 Å². The Morgan fingerprint density at radius 1 is 0.327 bits per heavy atom. The topological polar surface area (TPSA) is 4.93 Å². The number of aryl methyl sites for hydroxylation is 1. The van der Waals surface area contributed by atoms with Gasteiger partial charge in [-0.1, -0.05) is 139 Å². The molecule has 0 amide bonds. The van der Waals surface area contributed by atoms with Crippen LogP contribution in [0.4, 0.5) is 0 Å². The van der Waals surface area contributed by atoms with Gasteiger partial charge < -0.3 is 4.57 Å². The molecule has 0 fully saturated rings. The summed E-state index contributed by atoms with van der Waals surface area (Å²) in [5.41, 5.74) is 9.89. The van der Waals surface area contributed by atoms with Crippen molar-refractivity contribution in [1.29, 1.82) is 0 Å². The van der Waals surface area contributed by atoms with Crippen LogP contribution in [0.3, 0.4) is 0 Å². The van der Waals surface area contributed by atoms with E-state index in [1.54, 1.807) is 0 Å². The zero-order valence-corrected chi connectivity index (χ0v) is 28.6. The number of hydrogen-bond donors (Lipinski definition) is 0. The molecule has 240 valence electrons. The second-order valence-corrected chi connectivity index (χ2v) is 14.6. The molecule has 0 aliphatic rings. The predicted molar refractivity (Wildman–Crippen MR) is 224 cm³/mol. The van der Waals surface area contributed by atoms with E-state index in [1.165, 1.54) is 120 Å². The zero-order chi connectivity index (χ0) is 34.1. The van der Waals surface area contributed by atoms with Gasteiger partial charge in [-0.05, 0) is 130 Å². The summed E-state index contributed by atoms with van der Waals surface area (Å²) >= 11 is 0. The molecule has 1 heteroatoms. The molecule has 1 aromatic heterocycles. The number of nitrogens with zero attached hydrogens (tertiary/aromatic N) is 1. The van der Waals surface area contributed by atoms with Gasteiger partial charge in [0.2, 0.25) is 0 Å². The van der Waals surface area contributed by atoms with Crippen molar-refractivity contribution in [1.82, 2.24) is 4.57 Å². The molecule has 12 aromatic rings. The third kappa shape index (κ3) is 3.77. The number of benzene rings is 11. The van der Waals surface area contributed by atoms with Crippen LogP contribution in [-0.2, 0) is 0 Å². The first-order valence-corrected chi connectivity index (χ1v) is 18.2. The van der Waals surface area contributed by atoms with Crippen LogP contribution in [0.5, 0.6) is 0 Å². The van der Waals surface area contributed by atoms with Crippen LogP contribution < -0.4 is 0 Å². The zero-order valence-electron chi connectivity index (χ0n) is 28.6. The Morgan fingerprint density at radius 3 is 1.19 bits per heavy atom. The SMILES string of the molecule is Cc1ccc(-n2c3ccc(-c4ccc5ccc6cccc7ccc4c5c67)cc3c3cc(-c4ccc5ccc6cccc7ccc4c5c67)ccc32)cc1. The minimum atomic E-state index is 1.18. The number of rotatable bonds is 3. The molecule has 52 heavy (non-hydrogen) atoms. The first-order valence-electron chi connectivity index (χ1n) is 18.2. The van der Waals surface area contributed by atoms with E-state index in [4.69, 9.17) is 0 Å². The van der Waals surface area contributed by atoms with Crippen molar-refractivity contribution in [2.75, 3.05) is 0 Å². The van der Waals surface area contributed by atoms with Crippen LogP contribution in [0.1, 0.15) is 5.56 Å². The third-order valence-corrected chi connectivity index (χ3v) is 11.7. The maximum atomic E-state index is 2.44. The smallest absolute Gasteiger partial charge is 0.0541 e. The van der Waals surface area contributed by atoms with E-state index in [9.17, 15) is 0 Å². The Hall–Kier alpha value is -6.70.